The molecule has 2 N–H and O–H groups in total. The first-order valence-corrected chi connectivity index (χ1v) is 16.1. The lowest BCUT2D eigenvalue weighted by atomic mass is 10.1. The highest BCUT2D eigenvalue weighted by Crippen LogP contribution is 2.35. The summed E-state index contributed by atoms with van der Waals surface area (Å²) in [7, 11) is -4.76. The van der Waals surface area contributed by atoms with Crippen LogP contribution in [0.15, 0.2) is 60.8 Å². The SMILES string of the molecule is CC/C=C\C/C=C\C/C=C\C/C=C\C/C=C\CC(=O)OC(COC(=O)CCCCCCCCC)COP(=O)(O)O. The quantitative estimate of drug-likeness (QED) is 0.0484. The summed E-state index contributed by atoms with van der Waals surface area (Å²) >= 11 is 0. The summed E-state index contributed by atoms with van der Waals surface area (Å²) in [5, 5.41) is 0. The molecule has 1 atom stereocenters. The van der Waals surface area contributed by atoms with Crippen LogP contribution in [0.5, 0.6) is 0 Å². The van der Waals surface area contributed by atoms with Crippen LogP contribution in [0.4, 0.5) is 0 Å². The second kappa shape index (κ2) is 26.9. The van der Waals surface area contributed by atoms with Crippen molar-refractivity contribution < 1.29 is 37.9 Å². The van der Waals surface area contributed by atoms with Gasteiger partial charge in [-0.25, -0.2) is 4.57 Å². The lowest BCUT2D eigenvalue weighted by Crippen LogP contribution is -2.29. The number of rotatable bonds is 25. The molecule has 0 bridgehead atoms. The number of carbonyl (C=O) groups excluding carboxylic acids is 2. The fourth-order valence-electron chi connectivity index (χ4n) is 3.45. The maximum Gasteiger partial charge on any atom is 0.469 e. The van der Waals surface area contributed by atoms with Gasteiger partial charge in [-0.15, -0.1) is 0 Å². The highest BCUT2D eigenvalue weighted by molar-refractivity contribution is 7.46. The van der Waals surface area contributed by atoms with Crippen molar-refractivity contribution >= 4 is 19.8 Å². The maximum atomic E-state index is 12.2. The first-order valence-electron chi connectivity index (χ1n) is 14.6. The van der Waals surface area contributed by atoms with Gasteiger partial charge in [0.2, 0.25) is 0 Å². The zero-order valence-corrected chi connectivity index (χ0v) is 25.4. The van der Waals surface area contributed by atoms with Crippen molar-refractivity contribution in [3.8, 4) is 0 Å². The van der Waals surface area contributed by atoms with E-state index in [1.807, 2.05) is 18.2 Å². The van der Waals surface area contributed by atoms with Crippen LogP contribution in [0.25, 0.3) is 0 Å². The van der Waals surface area contributed by atoms with E-state index in [-0.39, 0.29) is 19.4 Å². The average molecular weight is 583 g/mol. The molecule has 0 spiro atoms. The van der Waals surface area contributed by atoms with Crippen LogP contribution in [0.1, 0.15) is 104 Å². The molecule has 0 rings (SSSR count). The smallest absolute Gasteiger partial charge is 0.462 e. The minimum absolute atomic E-state index is 0.0219. The second-order valence-corrected chi connectivity index (χ2v) is 10.6. The van der Waals surface area contributed by atoms with Crippen molar-refractivity contribution in [3.05, 3.63) is 60.8 Å². The van der Waals surface area contributed by atoms with E-state index < -0.39 is 32.5 Å². The molecule has 0 aliphatic carbocycles. The molecular formula is C31H51O8P. The molecular weight excluding hydrogens is 531 g/mol. The molecule has 0 amide bonds. The van der Waals surface area contributed by atoms with E-state index in [9.17, 15) is 14.2 Å². The molecule has 0 aromatic heterocycles. The largest absolute Gasteiger partial charge is 0.469 e. The van der Waals surface area contributed by atoms with Gasteiger partial charge >= 0.3 is 19.8 Å². The lowest BCUT2D eigenvalue weighted by Gasteiger charge is -2.18. The number of unbranched alkanes of at least 4 members (excludes halogenated alkanes) is 6. The Kier molecular flexibility index (Phi) is 25.4. The predicted molar refractivity (Wildman–Crippen MR) is 161 cm³/mol. The van der Waals surface area contributed by atoms with Gasteiger partial charge in [0, 0.05) is 6.42 Å². The predicted octanol–water partition coefficient (Wildman–Crippen LogP) is 7.83. The molecule has 0 fully saturated rings. The van der Waals surface area contributed by atoms with Crippen molar-refractivity contribution in [1.82, 2.24) is 0 Å². The molecule has 9 heteroatoms. The third-order valence-electron chi connectivity index (χ3n) is 5.58. The van der Waals surface area contributed by atoms with Crippen LogP contribution >= 0.6 is 7.82 Å². The first-order chi connectivity index (χ1) is 19.3. The Bertz CT molecular complexity index is 838. The van der Waals surface area contributed by atoms with Crippen molar-refractivity contribution in [1.29, 1.82) is 0 Å². The molecule has 0 aromatic rings. The summed E-state index contributed by atoms with van der Waals surface area (Å²) in [5.74, 6) is -1.05. The Morgan fingerprint density at radius 1 is 0.675 bits per heavy atom. The number of ether oxygens (including phenoxy) is 2. The minimum atomic E-state index is -4.76. The summed E-state index contributed by atoms with van der Waals surface area (Å²) < 4.78 is 25.9. The topological polar surface area (TPSA) is 119 Å². The Balaban J connectivity index is 4.27. The Morgan fingerprint density at radius 2 is 1.18 bits per heavy atom. The van der Waals surface area contributed by atoms with E-state index in [1.54, 1.807) is 6.08 Å². The van der Waals surface area contributed by atoms with Gasteiger partial charge in [0.15, 0.2) is 6.10 Å². The van der Waals surface area contributed by atoms with Gasteiger partial charge in [-0.1, -0.05) is 113 Å². The van der Waals surface area contributed by atoms with Crippen molar-refractivity contribution in [3.63, 3.8) is 0 Å². The van der Waals surface area contributed by atoms with Gasteiger partial charge in [-0.05, 0) is 38.5 Å². The summed E-state index contributed by atoms with van der Waals surface area (Å²) in [6, 6.07) is 0. The lowest BCUT2D eigenvalue weighted by molar-refractivity contribution is -0.160. The van der Waals surface area contributed by atoms with Crippen LogP contribution in [-0.2, 0) is 28.2 Å². The molecule has 40 heavy (non-hydrogen) atoms. The van der Waals surface area contributed by atoms with Gasteiger partial charge in [0.25, 0.3) is 0 Å². The van der Waals surface area contributed by atoms with E-state index in [2.05, 4.69) is 54.8 Å². The van der Waals surface area contributed by atoms with Crippen LogP contribution in [0.2, 0.25) is 0 Å². The van der Waals surface area contributed by atoms with Crippen molar-refractivity contribution in [2.45, 2.75) is 110 Å². The molecule has 0 aromatic carbocycles. The Morgan fingerprint density at radius 3 is 1.70 bits per heavy atom. The zero-order valence-electron chi connectivity index (χ0n) is 24.5. The highest BCUT2D eigenvalue weighted by Gasteiger charge is 2.22. The molecule has 228 valence electrons. The first kappa shape index (κ1) is 37.8. The van der Waals surface area contributed by atoms with Gasteiger partial charge in [0.05, 0.1) is 13.0 Å². The van der Waals surface area contributed by atoms with Crippen molar-refractivity contribution in [2.24, 2.45) is 0 Å². The Hall–Kier alpha value is -2.25. The minimum Gasteiger partial charge on any atom is -0.462 e. The third-order valence-corrected chi connectivity index (χ3v) is 6.07. The number of phosphoric acid groups is 1. The molecule has 0 saturated carbocycles. The maximum absolute atomic E-state index is 12.2. The van der Waals surface area contributed by atoms with E-state index >= 15 is 0 Å². The summed E-state index contributed by atoms with van der Waals surface area (Å²) in [6.45, 7) is 3.38. The number of hydrogen-bond acceptors (Lipinski definition) is 6. The van der Waals surface area contributed by atoms with Gasteiger partial charge in [-0.2, -0.15) is 0 Å². The van der Waals surface area contributed by atoms with Gasteiger partial charge in [-0.3, -0.25) is 14.1 Å². The fraction of sp³-hybridized carbons (Fsp3) is 0.613. The molecule has 0 radical (unpaired) electrons. The van der Waals surface area contributed by atoms with Gasteiger partial charge < -0.3 is 19.3 Å². The number of hydrogen-bond donors (Lipinski definition) is 2. The van der Waals surface area contributed by atoms with Gasteiger partial charge in [0.1, 0.15) is 6.61 Å². The fourth-order valence-corrected chi connectivity index (χ4v) is 3.81. The molecule has 0 heterocycles. The van der Waals surface area contributed by atoms with Crippen LogP contribution in [0, 0.1) is 0 Å². The van der Waals surface area contributed by atoms with Crippen molar-refractivity contribution in [2.75, 3.05) is 13.2 Å². The number of phosphoric ester groups is 1. The van der Waals surface area contributed by atoms with E-state index in [0.717, 1.165) is 44.9 Å². The normalized spacial score (nSPS) is 13.4. The molecule has 0 aliphatic heterocycles. The van der Waals surface area contributed by atoms with Crippen LogP contribution in [-0.4, -0.2) is 41.0 Å². The number of allylic oxidation sites excluding steroid dienone is 9. The summed E-state index contributed by atoms with van der Waals surface area (Å²) in [6.07, 6.45) is 31.4. The third kappa shape index (κ3) is 28.8. The number of esters is 2. The molecule has 0 saturated heterocycles. The van der Waals surface area contributed by atoms with Crippen LogP contribution in [0.3, 0.4) is 0 Å². The van der Waals surface area contributed by atoms with E-state index in [0.29, 0.717) is 12.8 Å². The Labute approximate surface area is 241 Å². The zero-order chi connectivity index (χ0) is 29.7. The monoisotopic (exact) mass is 582 g/mol. The van der Waals surface area contributed by atoms with E-state index in [4.69, 9.17) is 19.3 Å². The number of carbonyl (C=O) groups is 2. The molecule has 8 nitrogen and oxygen atoms in total. The molecule has 0 aliphatic rings. The molecule has 1 unspecified atom stereocenters. The van der Waals surface area contributed by atoms with E-state index in [1.165, 1.54) is 19.3 Å². The summed E-state index contributed by atoms with van der Waals surface area (Å²) in [4.78, 5) is 42.1. The van der Waals surface area contributed by atoms with Crippen LogP contribution < -0.4 is 0 Å². The summed E-state index contributed by atoms with van der Waals surface area (Å²) in [5.41, 5.74) is 0. The second-order valence-electron chi connectivity index (χ2n) is 9.36. The standard InChI is InChI=1S/C31H51O8P/c1-3-5-7-9-11-12-13-14-15-16-17-18-20-22-24-26-31(33)39-29(28-38-40(34,35)36)27-37-30(32)25-23-21-19-10-8-6-4-2/h5,7,11-12,14-15,17-18,22,24,29H,3-4,6,8-10,13,16,19-21,23,25-28H2,1-2H3,(H2,34,35,36)/b7-5-,12-11-,15-14-,18-17-,24-22-. The highest BCUT2D eigenvalue weighted by atomic mass is 31.2. The average Bonchev–Trinajstić information content (AvgIpc) is 2.91.